The molecule has 0 N–H and O–H groups in total. The molecule has 1 aromatic rings. The Morgan fingerprint density at radius 2 is 2.00 bits per heavy atom. The van der Waals surface area contributed by atoms with E-state index in [9.17, 15) is 14.9 Å². The molecule has 1 aliphatic rings. The monoisotopic (exact) mass is 350 g/mol. The quantitative estimate of drug-likeness (QED) is 0.609. The molecule has 1 heterocycles. The minimum absolute atomic E-state index is 0.000337. The van der Waals surface area contributed by atoms with Crippen molar-refractivity contribution in [2.24, 2.45) is 5.92 Å². The molecule has 1 amide bonds. The van der Waals surface area contributed by atoms with Crippen LogP contribution < -0.4 is 0 Å². The predicted molar refractivity (Wildman–Crippen MR) is 93.4 cm³/mol. The van der Waals surface area contributed by atoms with E-state index in [1.807, 2.05) is 34.6 Å². The molecule has 0 spiro atoms. The average molecular weight is 350 g/mol. The standard InChI is InChI=1S/C18H26N2O5/c1-12(2)15-11-24-16(10-19(15)17(21)25-18(3,4)5)13-8-6-7-9-14(13)20(22)23/h6-9,12,15-16H,10-11H2,1-5H3/t15-,16?/m1/s1. The zero-order chi connectivity index (χ0) is 18.8. The van der Waals surface area contributed by atoms with E-state index in [0.717, 1.165) is 0 Å². The van der Waals surface area contributed by atoms with Crippen molar-refractivity contribution in [3.8, 4) is 0 Å². The van der Waals surface area contributed by atoms with Gasteiger partial charge in [0.15, 0.2) is 0 Å². The molecule has 0 aliphatic carbocycles. The lowest BCUT2D eigenvalue weighted by Gasteiger charge is -2.41. The molecule has 2 rings (SSSR count). The van der Waals surface area contributed by atoms with E-state index in [1.165, 1.54) is 6.07 Å². The highest BCUT2D eigenvalue weighted by atomic mass is 16.6. The largest absolute Gasteiger partial charge is 0.444 e. The van der Waals surface area contributed by atoms with Crippen LogP contribution in [0.5, 0.6) is 0 Å². The summed E-state index contributed by atoms with van der Waals surface area (Å²) in [5, 5.41) is 11.3. The molecule has 0 aromatic heterocycles. The van der Waals surface area contributed by atoms with Crippen molar-refractivity contribution in [2.45, 2.75) is 52.4 Å². The Morgan fingerprint density at radius 3 is 2.56 bits per heavy atom. The SMILES string of the molecule is CC(C)[C@H]1COC(c2ccccc2[N+](=O)[O-])CN1C(=O)OC(C)(C)C. The Morgan fingerprint density at radius 1 is 1.36 bits per heavy atom. The molecule has 7 heteroatoms. The van der Waals surface area contributed by atoms with Crippen molar-refractivity contribution in [3.63, 3.8) is 0 Å². The number of amides is 1. The van der Waals surface area contributed by atoms with E-state index >= 15 is 0 Å². The summed E-state index contributed by atoms with van der Waals surface area (Å²) in [7, 11) is 0. The maximum Gasteiger partial charge on any atom is 0.410 e. The van der Waals surface area contributed by atoms with Crippen LogP contribution in [-0.4, -0.2) is 40.7 Å². The fourth-order valence-corrected chi connectivity index (χ4v) is 2.87. The topological polar surface area (TPSA) is 81.9 Å². The second-order valence-electron chi connectivity index (χ2n) is 7.58. The molecule has 7 nitrogen and oxygen atoms in total. The number of para-hydroxylation sites is 1. The third kappa shape index (κ3) is 4.69. The highest BCUT2D eigenvalue weighted by molar-refractivity contribution is 5.69. The first kappa shape index (κ1) is 19.2. The molecule has 138 valence electrons. The molecule has 1 aliphatic heterocycles. The lowest BCUT2D eigenvalue weighted by molar-refractivity contribution is -0.386. The Kier molecular flexibility index (Phi) is 5.67. The van der Waals surface area contributed by atoms with Crippen LogP contribution in [0.4, 0.5) is 10.5 Å². The lowest BCUT2D eigenvalue weighted by Crippen LogP contribution is -2.53. The van der Waals surface area contributed by atoms with Crippen LogP contribution in [0.1, 0.15) is 46.3 Å². The van der Waals surface area contributed by atoms with Crippen LogP contribution in [0.3, 0.4) is 0 Å². The lowest BCUT2D eigenvalue weighted by atomic mass is 9.98. The van der Waals surface area contributed by atoms with E-state index in [1.54, 1.807) is 23.1 Å². The van der Waals surface area contributed by atoms with Gasteiger partial charge in [0, 0.05) is 6.07 Å². The molecule has 25 heavy (non-hydrogen) atoms. The van der Waals surface area contributed by atoms with Gasteiger partial charge in [-0.2, -0.15) is 0 Å². The average Bonchev–Trinajstić information content (AvgIpc) is 2.52. The number of hydrogen-bond acceptors (Lipinski definition) is 5. The van der Waals surface area contributed by atoms with Gasteiger partial charge in [-0.1, -0.05) is 26.0 Å². The number of carbonyl (C=O) groups is 1. The van der Waals surface area contributed by atoms with Crippen LogP contribution in [0, 0.1) is 16.0 Å². The maximum atomic E-state index is 12.6. The minimum Gasteiger partial charge on any atom is -0.444 e. The fourth-order valence-electron chi connectivity index (χ4n) is 2.87. The summed E-state index contributed by atoms with van der Waals surface area (Å²) in [6.45, 7) is 10.0. The summed E-state index contributed by atoms with van der Waals surface area (Å²) >= 11 is 0. The number of benzene rings is 1. The number of nitro groups is 1. The fraction of sp³-hybridized carbons (Fsp3) is 0.611. The van der Waals surface area contributed by atoms with E-state index in [0.29, 0.717) is 12.2 Å². The Balaban J connectivity index is 2.28. The second-order valence-corrected chi connectivity index (χ2v) is 7.58. The normalized spacial score (nSPS) is 21.3. The maximum absolute atomic E-state index is 12.6. The summed E-state index contributed by atoms with van der Waals surface area (Å²) < 4.78 is 11.4. The number of carbonyl (C=O) groups excluding carboxylic acids is 1. The third-order valence-corrected chi connectivity index (χ3v) is 4.11. The van der Waals surface area contributed by atoms with Crippen molar-refractivity contribution in [1.29, 1.82) is 0 Å². The van der Waals surface area contributed by atoms with E-state index in [4.69, 9.17) is 9.47 Å². The van der Waals surface area contributed by atoms with Gasteiger partial charge in [-0.15, -0.1) is 0 Å². The van der Waals surface area contributed by atoms with Crippen LogP contribution >= 0.6 is 0 Å². The number of morpholine rings is 1. The van der Waals surface area contributed by atoms with Gasteiger partial charge < -0.3 is 9.47 Å². The molecular weight excluding hydrogens is 324 g/mol. The van der Waals surface area contributed by atoms with Crippen molar-refractivity contribution in [1.82, 2.24) is 4.90 Å². The first-order valence-electron chi connectivity index (χ1n) is 8.44. The van der Waals surface area contributed by atoms with Crippen molar-refractivity contribution >= 4 is 11.8 Å². The van der Waals surface area contributed by atoms with Gasteiger partial charge >= 0.3 is 6.09 Å². The van der Waals surface area contributed by atoms with Crippen molar-refractivity contribution < 1.29 is 19.2 Å². The molecule has 1 fully saturated rings. The summed E-state index contributed by atoms with van der Waals surface area (Å²) in [5.41, 5.74) is -0.131. The smallest absolute Gasteiger partial charge is 0.410 e. The zero-order valence-electron chi connectivity index (χ0n) is 15.4. The molecule has 0 bridgehead atoms. The molecule has 0 saturated carbocycles. The van der Waals surface area contributed by atoms with Crippen molar-refractivity contribution in [2.75, 3.05) is 13.2 Å². The third-order valence-electron chi connectivity index (χ3n) is 4.11. The molecule has 0 radical (unpaired) electrons. The van der Waals surface area contributed by atoms with Crippen LogP contribution in [0.15, 0.2) is 24.3 Å². The summed E-state index contributed by atoms with van der Waals surface area (Å²) in [6.07, 6.45) is -0.970. The zero-order valence-corrected chi connectivity index (χ0v) is 15.4. The van der Waals surface area contributed by atoms with Gasteiger partial charge in [-0.25, -0.2) is 4.79 Å². The summed E-state index contributed by atoms with van der Waals surface area (Å²) in [6, 6.07) is 6.34. The van der Waals surface area contributed by atoms with E-state index in [-0.39, 0.29) is 24.2 Å². The number of nitro benzene ring substituents is 1. The van der Waals surface area contributed by atoms with Gasteiger partial charge in [0.2, 0.25) is 0 Å². The molecule has 2 atom stereocenters. The van der Waals surface area contributed by atoms with E-state index < -0.39 is 22.7 Å². The number of rotatable bonds is 3. The van der Waals surface area contributed by atoms with Gasteiger partial charge in [-0.3, -0.25) is 15.0 Å². The Bertz CT molecular complexity index is 639. The highest BCUT2D eigenvalue weighted by Crippen LogP contribution is 2.33. The number of ether oxygens (including phenoxy) is 2. The van der Waals surface area contributed by atoms with Gasteiger partial charge in [-0.05, 0) is 32.8 Å². The van der Waals surface area contributed by atoms with Crippen LogP contribution in [0.25, 0.3) is 0 Å². The molecular formula is C18H26N2O5. The van der Waals surface area contributed by atoms with Gasteiger partial charge in [0.25, 0.3) is 5.69 Å². The summed E-state index contributed by atoms with van der Waals surface area (Å²) in [4.78, 5) is 25.1. The van der Waals surface area contributed by atoms with Gasteiger partial charge in [0.05, 0.1) is 29.7 Å². The molecule has 1 unspecified atom stereocenters. The van der Waals surface area contributed by atoms with Crippen LogP contribution in [-0.2, 0) is 9.47 Å². The Labute approximate surface area is 148 Å². The molecule has 1 saturated heterocycles. The van der Waals surface area contributed by atoms with Crippen molar-refractivity contribution in [3.05, 3.63) is 39.9 Å². The van der Waals surface area contributed by atoms with E-state index in [2.05, 4.69) is 0 Å². The number of nitrogens with zero attached hydrogens (tertiary/aromatic N) is 2. The first-order valence-corrected chi connectivity index (χ1v) is 8.44. The van der Waals surface area contributed by atoms with Crippen LogP contribution in [0.2, 0.25) is 0 Å². The Hall–Kier alpha value is -2.15. The minimum atomic E-state index is -0.606. The second kappa shape index (κ2) is 7.39. The molecule has 1 aromatic carbocycles. The first-order chi connectivity index (χ1) is 11.6. The highest BCUT2D eigenvalue weighted by Gasteiger charge is 2.38. The summed E-state index contributed by atoms with van der Waals surface area (Å²) in [5.74, 6) is 0.180. The van der Waals surface area contributed by atoms with Gasteiger partial charge in [0.1, 0.15) is 11.7 Å². The number of hydrogen-bond donors (Lipinski definition) is 0. The predicted octanol–water partition coefficient (Wildman–Crippen LogP) is 3.93.